The first-order valence-corrected chi connectivity index (χ1v) is 9.13. The molecule has 28 heavy (non-hydrogen) atoms. The third-order valence-corrected chi connectivity index (χ3v) is 4.98. The zero-order valence-electron chi connectivity index (χ0n) is 15.3. The monoisotopic (exact) mass is 367 g/mol. The van der Waals surface area contributed by atoms with Crippen LogP contribution in [0, 0.1) is 6.92 Å². The molecule has 0 unspecified atom stereocenters. The first kappa shape index (κ1) is 16.5. The summed E-state index contributed by atoms with van der Waals surface area (Å²) in [5.74, 6) is 2.18. The standard InChI is InChI=1S/C24H17NO3/c1-15-22(13-19-12-18-11-16(14-26)9-10-23(18)28-19)25-24(27-15)21-8-4-6-17-5-2-3-7-20(17)21/h2-12,14H,13H2,1H3. The van der Waals surface area contributed by atoms with Gasteiger partial charge in [0.1, 0.15) is 23.4 Å². The fourth-order valence-electron chi connectivity index (χ4n) is 3.56. The Bertz CT molecular complexity index is 1320. The maximum absolute atomic E-state index is 11.0. The number of benzene rings is 3. The lowest BCUT2D eigenvalue weighted by Crippen LogP contribution is -1.89. The van der Waals surface area contributed by atoms with E-state index in [4.69, 9.17) is 13.8 Å². The number of oxazole rings is 1. The number of fused-ring (bicyclic) bond motifs is 2. The second kappa shape index (κ2) is 6.50. The first-order chi connectivity index (χ1) is 13.7. The summed E-state index contributed by atoms with van der Waals surface area (Å²) in [5.41, 5.74) is 3.22. The van der Waals surface area contributed by atoms with Crippen molar-refractivity contribution in [2.24, 2.45) is 0 Å². The number of nitrogens with zero attached hydrogens (tertiary/aromatic N) is 1. The van der Waals surface area contributed by atoms with Gasteiger partial charge in [-0.15, -0.1) is 0 Å². The van der Waals surface area contributed by atoms with Gasteiger partial charge in [-0.1, -0.05) is 36.4 Å². The van der Waals surface area contributed by atoms with E-state index in [2.05, 4.69) is 18.2 Å². The van der Waals surface area contributed by atoms with Crippen LogP contribution in [0.3, 0.4) is 0 Å². The van der Waals surface area contributed by atoms with E-state index < -0.39 is 0 Å². The van der Waals surface area contributed by atoms with Crippen molar-refractivity contribution in [1.82, 2.24) is 4.98 Å². The number of aromatic nitrogens is 1. The second-order valence-corrected chi connectivity index (χ2v) is 6.85. The molecule has 0 amide bonds. The topological polar surface area (TPSA) is 56.2 Å². The van der Waals surface area contributed by atoms with Crippen LogP contribution in [0.15, 0.2) is 75.6 Å². The van der Waals surface area contributed by atoms with Gasteiger partial charge in [-0.05, 0) is 48.0 Å². The molecule has 0 N–H and O–H groups in total. The van der Waals surface area contributed by atoms with E-state index in [9.17, 15) is 4.79 Å². The highest BCUT2D eigenvalue weighted by Gasteiger charge is 2.16. The summed E-state index contributed by atoms with van der Waals surface area (Å²) in [6, 6.07) is 21.7. The van der Waals surface area contributed by atoms with Crippen LogP contribution in [0.2, 0.25) is 0 Å². The molecule has 0 aliphatic heterocycles. The summed E-state index contributed by atoms with van der Waals surface area (Å²) < 4.78 is 11.9. The SMILES string of the molecule is Cc1oc(-c2cccc3ccccc23)nc1Cc1cc2cc(C=O)ccc2o1. The Morgan fingerprint density at radius 3 is 2.68 bits per heavy atom. The molecule has 0 saturated carbocycles. The lowest BCUT2D eigenvalue weighted by molar-refractivity contribution is 0.112. The summed E-state index contributed by atoms with van der Waals surface area (Å²) in [6.07, 6.45) is 1.37. The quantitative estimate of drug-likeness (QED) is 0.368. The number of carbonyl (C=O) groups is 1. The van der Waals surface area contributed by atoms with Crippen molar-refractivity contribution >= 4 is 28.0 Å². The average molecular weight is 367 g/mol. The van der Waals surface area contributed by atoms with Crippen LogP contribution in [0.1, 0.15) is 27.6 Å². The van der Waals surface area contributed by atoms with Gasteiger partial charge in [-0.2, -0.15) is 0 Å². The van der Waals surface area contributed by atoms with Crippen LogP contribution >= 0.6 is 0 Å². The van der Waals surface area contributed by atoms with E-state index in [-0.39, 0.29) is 0 Å². The zero-order chi connectivity index (χ0) is 19.1. The van der Waals surface area contributed by atoms with Crippen molar-refractivity contribution in [2.75, 3.05) is 0 Å². The molecule has 136 valence electrons. The zero-order valence-corrected chi connectivity index (χ0v) is 15.3. The molecule has 2 aromatic heterocycles. The summed E-state index contributed by atoms with van der Waals surface area (Å²) >= 11 is 0. The minimum Gasteiger partial charge on any atom is -0.461 e. The van der Waals surface area contributed by atoms with Crippen molar-refractivity contribution in [2.45, 2.75) is 13.3 Å². The van der Waals surface area contributed by atoms with Crippen LogP contribution in [0.4, 0.5) is 0 Å². The molecule has 0 fully saturated rings. The Morgan fingerprint density at radius 1 is 0.929 bits per heavy atom. The Balaban J connectivity index is 1.52. The van der Waals surface area contributed by atoms with Gasteiger partial charge >= 0.3 is 0 Å². The molecular formula is C24H17NO3. The maximum atomic E-state index is 11.0. The van der Waals surface area contributed by atoms with Crippen LogP contribution in [-0.2, 0) is 6.42 Å². The first-order valence-electron chi connectivity index (χ1n) is 9.13. The normalized spacial score (nSPS) is 11.3. The average Bonchev–Trinajstić information content (AvgIpc) is 3.29. The fourth-order valence-corrected chi connectivity index (χ4v) is 3.56. The molecule has 0 aliphatic rings. The van der Waals surface area contributed by atoms with Gasteiger partial charge in [0.25, 0.3) is 0 Å². The molecule has 0 bridgehead atoms. The number of carbonyl (C=O) groups excluding carboxylic acids is 1. The van der Waals surface area contributed by atoms with Gasteiger partial charge in [0.15, 0.2) is 0 Å². The summed E-state index contributed by atoms with van der Waals surface area (Å²) in [4.78, 5) is 15.7. The largest absolute Gasteiger partial charge is 0.461 e. The second-order valence-electron chi connectivity index (χ2n) is 6.85. The third kappa shape index (κ3) is 2.79. The molecule has 0 atom stereocenters. The summed E-state index contributed by atoms with van der Waals surface area (Å²) in [7, 11) is 0. The predicted octanol–water partition coefficient (Wildman–Crippen LogP) is 5.95. The van der Waals surface area contributed by atoms with Crippen LogP contribution < -0.4 is 0 Å². The maximum Gasteiger partial charge on any atom is 0.227 e. The molecule has 0 spiro atoms. The fraction of sp³-hybridized carbons (Fsp3) is 0.0833. The third-order valence-electron chi connectivity index (χ3n) is 4.98. The highest BCUT2D eigenvalue weighted by atomic mass is 16.4. The van der Waals surface area contributed by atoms with E-state index in [1.54, 1.807) is 6.07 Å². The van der Waals surface area contributed by atoms with E-state index in [0.717, 1.165) is 50.8 Å². The van der Waals surface area contributed by atoms with Crippen LogP contribution in [0.5, 0.6) is 0 Å². The number of hydrogen-bond acceptors (Lipinski definition) is 4. The lowest BCUT2D eigenvalue weighted by Gasteiger charge is -2.02. The molecule has 5 aromatic rings. The van der Waals surface area contributed by atoms with E-state index >= 15 is 0 Å². The molecule has 4 heteroatoms. The highest BCUT2D eigenvalue weighted by molar-refractivity contribution is 5.94. The highest BCUT2D eigenvalue weighted by Crippen LogP contribution is 2.30. The molecule has 3 aromatic carbocycles. The van der Waals surface area contributed by atoms with Crippen molar-refractivity contribution in [3.63, 3.8) is 0 Å². The van der Waals surface area contributed by atoms with Crippen LogP contribution in [0.25, 0.3) is 33.2 Å². The Labute approximate surface area is 161 Å². The van der Waals surface area contributed by atoms with Gasteiger partial charge in [0.05, 0.1) is 12.1 Å². The van der Waals surface area contributed by atoms with Gasteiger partial charge in [-0.25, -0.2) is 4.98 Å². The molecule has 2 heterocycles. The van der Waals surface area contributed by atoms with E-state index in [1.165, 1.54) is 0 Å². The van der Waals surface area contributed by atoms with Crippen molar-refractivity contribution in [1.29, 1.82) is 0 Å². The molecular weight excluding hydrogens is 350 g/mol. The van der Waals surface area contributed by atoms with E-state index in [0.29, 0.717) is 17.9 Å². The molecule has 4 nitrogen and oxygen atoms in total. The van der Waals surface area contributed by atoms with Crippen molar-refractivity contribution in [3.05, 3.63) is 89.5 Å². The number of aryl methyl sites for hydroxylation is 1. The lowest BCUT2D eigenvalue weighted by atomic mass is 10.0. The summed E-state index contributed by atoms with van der Waals surface area (Å²) in [5, 5.41) is 3.18. The molecule has 0 aliphatic carbocycles. The van der Waals surface area contributed by atoms with Gasteiger partial charge in [-0.3, -0.25) is 4.79 Å². The van der Waals surface area contributed by atoms with Gasteiger partial charge in [0, 0.05) is 16.5 Å². The van der Waals surface area contributed by atoms with Crippen LogP contribution in [-0.4, -0.2) is 11.3 Å². The van der Waals surface area contributed by atoms with Gasteiger partial charge < -0.3 is 8.83 Å². The molecule has 5 rings (SSSR count). The Kier molecular flexibility index (Phi) is 3.83. The molecule has 0 radical (unpaired) electrons. The Morgan fingerprint density at radius 2 is 1.79 bits per heavy atom. The van der Waals surface area contributed by atoms with Crippen molar-refractivity contribution in [3.8, 4) is 11.5 Å². The number of aldehydes is 1. The minimum atomic E-state index is 0.533. The number of furan rings is 1. The predicted molar refractivity (Wildman–Crippen MR) is 109 cm³/mol. The minimum absolute atomic E-state index is 0.533. The van der Waals surface area contributed by atoms with Crippen molar-refractivity contribution < 1.29 is 13.6 Å². The number of rotatable bonds is 4. The Hall–Kier alpha value is -3.66. The number of hydrogen-bond donors (Lipinski definition) is 0. The smallest absolute Gasteiger partial charge is 0.227 e. The molecule has 0 saturated heterocycles. The van der Waals surface area contributed by atoms with Gasteiger partial charge in [0.2, 0.25) is 5.89 Å². The van der Waals surface area contributed by atoms with E-state index in [1.807, 2.05) is 49.4 Å². The summed E-state index contributed by atoms with van der Waals surface area (Å²) in [6.45, 7) is 1.92.